The van der Waals surface area contributed by atoms with Gasteiger partial charge in [-0.2, -0.15) is 13.2 Å². The molecule has 0 radical (unpaired) electrons. The van der Waals surface area contributed by atoms with E-state index in [4.69, 9.17) is 5.11 Å². The molecule has 1 rings (SSSR count). The molecule has 0 atom stereocenters. The third kappa shape index (κ3) is 5.12. The second kappa shape index (κ2) is 5.95. The Labute approximate surface area is 101 Å². The highest BCUT2D eigenvalue weighted by atomic mass is 32.2. The Kier molecular flexibility index (Phi) is 4.86. The summed E-state index contributed by atoms with van der Waals surface area (Å²) in [5, 5.41) is 8.39. The number of hydrogen-bond acceptors (Lipinski definition) is 2. The topological polar surface area (TPSA) is 37.3 Å². The van der Waals surface area contributed by atoms with E-state index >= 15 is 0 Å². The summed E-state index contributed by atoms with van der Waals surface area (Å²) >= 11 is 1.24. The van der Waals surface area contributed by atoms with Gasteiger partial charge in [-0.25, -0.2) is 0 Å². The Bertz CT molecular complexity index is 373. The standard InChI is InChI=1S/C11H11F3O2S/c12-11(13,14)9-3-1-8(2-4-9)5-6-17-7-10(15)16/h1-4H,5-7H2,(H,15,16). The number of thioether (sulfide) groups is 1. The number of carboxylic acid groups (broad SMARTS) is 1. The Balaban J connectivity index is 2.43. The molecule has 94 valence electrons. The van der Waals surface area contributed by atoms with E-state index in [9.17, 15) is 18.0 Å². The van der Waals surface area contributed by atoms with Crippen LogP contribution < -0.4 is 0 Å². The molecule has 0 saturated carbocycles. The first-order chi connectivity index (χ1) is 7.89. The first-order valence-corrected chi connectivity index (χ1v) is 6.01. The van der Waals surface area contributed by atoms with E-state index in [1.807, 2.05) is 0 Å². The monoisotopic (exact) mass is 264 g/mol. The maximum Gasteiger partial charge on any atom is 0.416 e. The minimum atomic E-state index is -4.31. The number of rotatable bonds is 5. The van der Waals surface area contributed by atoms with Gasteiger partial charge in [-0.15, -0.1) is 11.8 Å². The van der Waals surface area contributed by atoms with E-state index < -0.39 is 17.7 Å². The molecule has 17 heavy (non-hydrogen) atoms. The van der Waals surface area contributed by atoms with Gasteiger partial charge < -0.3 is 5.11 Å². The minimum Gasteiger partial charge on any atom is -0.481 e. The van der Waals surface area contributed by atoms with Crippen LogP contribution in [0.2, 0.25) is 0 Å². The van der Waals surface area contributed by atoms with Crippen molar-refractivity contribution in [2.45, 2.75) is 12.6 Å². The lowest BCUT2D eigenvalue weighted by atomic mass is 10.1. The molecule has 1 N–H and O–H groups in total. The van der Waals surface area contributed by atoms with Crippen molar-refractivity contribution in [2.75, 3.05) is 11.5 Å². The SMILES string of the molecule is O=C(O)CSCCc1ccc(C(F)(F)F)cc1. The van der Waals surface area contributed by atoms with Crippen molar-refractivity contribution in [1.82, 2.24) is 0 Å². The van der Waals surface area contributed by atoms with Crippen LogP contribution >= 0.6 is 11.8 Å². The van der Waals surface area contributed by atoms with Crippen LogP contribution in [0, 0.1) is 0 Å². The lowest BCUT2D eigenvalue weighted by molar-refractivity contribution is -0.137. The van der Waals surface area contributed by atoms with Crippen molar-refractivity contribution >= 4 is 17.7 Å². The third-order valence-electron chi connectivity index (χ3n) is 2.04. The van der Waals surface area contributed by atoms with Crippen LogP contribution in [0.3, 0.4) is 0 Å². The lowest BCUT2D eigenvalue weighted by Crippen LogP contribution is -2.04. The molecular weight excluding hydrogens is 253 g/mol. The zero-order chi connectivity index (χ0) is 12.9. The number of aryl methyl sites for hydroxylation is 1. The smallest absolute Gasteiger partial charge is 0.416 e. The lowest BCUT2D eigenvalue weighted by Gasteiger charge is -2.07. The molecule has 0 saturated heterocycles. The second-order valence-corrected chi connectivity index (χ2v) is 4.50. The zero-order valence-corrected chi connectivity index (χ0v) is 9.64. The van der Waals surface area contributed by atoms with Gasteiger partial charge >= 0.3 is 12.1 Å². The molecule has 0 aliphatic carbocycles. The van der Waals surface area contributed by atoms with Gasteiger partial charge in [-0.3, -0.25) is 4.79 Å². The first kappa shape index (κ1) is 13.9. The fraction of sp³-hybridized carbons (Fsp3) is 0.364. The Morgan fingerprint density at radius 2 is 1.82 bits per heavy atom. The van der Waals surface area contributed by atoms with Gasteiger partial charge in [0.25, 0.3) is 0 Å². The molecule has 0 aliphatic rings. The van der Waals surface area contributed by atoms with Gasteiger partial charge in [0.05, 0.1) is 11.3 Å². The summed E-state index contributed by atoms with van der Waals surface area (Å²) in [5.74, 6) is -0.291. The average molecular weight is 264 g/mol. The molecule has 0 amide bonds. The molecule has 0 heterocycles. The zero-order valence-electron chi connectivity index (χ0n) is 8.83. The number of carboxylic acids is 1. The summed E-state index contributed by atoms with van der Waals surface area (Å²) in [6.07, 6.45) is -3.74. The van der Waals surface area contributed by atoms with E-state index in [1.54, 1.807) is 0 Å². The van der Waals surface area contributed by atoms with E-state index in [0.717, 1.165) is 17.7 Å². The molecule has 0 unspecified atom stereocenters. The summed E-state index contributed by atoms with van der Waals surface area (Å²) in [6, 6.07) is 4.92. The number of alkyl halides is 3. The number of hydrogen-bond donors (Lipinski definition) is 1. The van der Waals surface area contributed by atoms with Crippen LogP contribution in [0.4, 0.5) is 13.2 Å². The van der Waals surface area contributed by atoms with Crippen LogP contribution in [0.1, 0.15) is 11.1 Å². The highest BCUT2D eigenvalue weighted by Crippen LogP contribution is 2.29. The maximum atomic E-state index is 12.2. The number of aliphatic carboxylic acids is 1. The van der Waals surface area contributed by atoms with Crippen LogP contribution in [-0.2, 0) is 17.4 Å². The predicted octanol–water partition coefficient (Wildman–Crippen LogP) is 3.07. The summed E-state index contributed by atoms with van der Waals surface area (Å²) in [7, 11) is 0. The molecule has 1 aromatic rings. The molecular formula is C11H11F3O2S. The van der Waals surface area contributed by atoms with Crippen molar-refractivity contribution in [3.05, 3.63) is 35.4 Å². The molecule has 0 bridgehead atoms. The fourth-order valence-electron chi connectivity index (χ4n) is 1.21. The Hall–Kier alpha value is -1.17. The first-order valence-electron chi connectivity index (χ1n) is 4.85. The maximum absolute atomic E-state index is 12.2. The predicted molar refractivity (Wildman–Crippen MR) is 60.1 cm³/mol. The average Bonchev–Trinajstić information content (AvgIpc) is 2.23. The largest absolute Gasteiger partial charge is 0.481 e. The molecule has 0 aliphatic heterocycles. The van der Waals surface area contributed by atoms with Gasteiger partial charge in [0, 0.05) is 0 Å². The van der Waals surface area contributed by atoms with E-state index in [1.165, 1.54) is 23.9 Å². The van der Waals surface area contributed by atoms with Gasteiger partial charge in [0.1, 0.15) is 0 Å². The van der Waals surface area contributed by atoms with Crippen molar-refractivity contribution in [2.24, 2.45) is 0 Å². The molecule has 1 aromatic carbocycles. The molecule has 0 aromatic heterocycles. The summed E-state index contributed by atoms with van der Waals surface area (Å²) in [4.78, 5) is 10.2. The van der Waals surface area contributed by atoms with Crippen molar-refractivity contribution in [3.63, 3.8) is 0 Å². The Morgan fingerprint density at radius 1 is 1.24 bits per heavy atom. The fourth-order valence-corrected chi connectivity index (χ4v) is 1.91. The number of benzene rings is 1. The van der Waals surface area contributed by atoms with Crippen LogP contribution in [0.25, 0.3) is 0 Å². The van der Waals surface area contributed by atoms with Crippen molar-refractivity contribution in [1.29, 1.82) is 0 Å². The highest BCUT2D eigenvalue weighted by molar-refractivity contribution is 7.99. The van der Waals surface area contributed by atoms with E-state index in [0.29, 0.717) is 12.2 Å². The Morgan fingerprint density at radius 3 is 2.29 bits per heavy atom. The normalized spacial score (nSPS) is 11.5. The number of carbonyl (C=O) groups is 1. The van der Waals surface area contributed by atoms with Gasteiger partial charge in [0.15, 0.2) is 0 Å². The van der Waals surface area contributed by atoms with Gasteiger partial charge in [-0.05, 0) is 29.9 Å². The van der Waals surface area contributed by atoms with Crippen LogP contribution in [0.15, 0.2) is 24.3 Å². The quantitative estimate of drug-likeness (QED) is 0.830. The second-order valence-electron chi connectivity index (χ2n) is 3.39. The van der Waals surface area contributed by atoms with E-state index in [-0.39, 0.29) is 5.75 Å². The van der Waals surface area contributed by atoms with Crippen molar-refractivity contribution in [3.8, 4) is 0 Å². The summed E-state index contributed by atoms with van der Waals surface area (Å²) in [5.41, 5.74) is 0.107. The molecule has 0 spiro atoms. The number of halogens is 3. The molecule has 0 fully saturated rings. The van der Waals surface area contributed by atoms with Gasteiger partial charge in [-0.1, -0.05) is 12.1 Å². The summed E-state index contributed by atoms with van der Waals surface area (Å²) < 4.78 is 36.7. The van der Waals surface area contributed by atoms with Crippen LogP contribution in [-0.4, -0.2) is 22.6 Å². The third-order valence-corrected chi connectivity index (χ3v) is 2.99. The minimum absolute atomic E-state index is 0.0145. The summed E-state index contributed by atoms with van der Waals surface area (Å²) in [6.45, 7) is 0. The molecule has 2 nitrogen and oxygen atoms in total. The molecule has 6 heteroatoms. The highest BCUT2D eigenvalue weighted by Gasteiger charge is 2.29. The van der Waals surface area contributed by atoms with Gasteiger partial charge in [0.2, 0.25) is 0 Å². The van der Waals surface area contributed by atoms with E-state index in [2.05, 4.69) is 0 Å². The van der Waals surface area contributed by atoms with Crippen molar-refractivity contribution < 1.29 is 23.1 Å². The van der Waals surface area contributed by atoms with Crippen LogP contribution in [0.5, 0.6) is 0 Å².